The highest BCUT2D eigenvalue weighted by Crippen LogP contribution is 2.41. The van der Waals surface area contributed by atoms with Crippen LogP contribution < -0.4 is 31.2 Å². The van der Waals surface area contributed by atoms with Gasteiger partial charge in [0.1, 0.15) is 12.2 Å². The molecule has 110 valence electrons. The van der Waals surface area contributed by atoms with Crippen molar-refractivity contribution in [2.75, 3.05) is 44.2 Å². The third kappa shape index (κ3) is 2.42. The number of nitrogens with one attached hydrogen (secondary N) is 1. The summed E-state index contributed by atoms with van der Waals surface area (Å²) >= 11 is 0. The fourth-order valence-electron chi connectivity index (χ4n) is 2.74. The van der Waals surface area contributed by atoms with Crippen molar-refractivity contribution < 1.29 is 9.47 Å². The van der Waals surface area contributed by atoms with E-state index >= 15 is 0 Å². The highest BCUT2D eigenvalue weighted by atomic mass is 16.6. The highest BCUT2D eigenvalue weighted by Gasteiger charge is 2.32. The number of piperazine rings is 1. The maximum Gasteiger partial charge on any atom is 0.185 e. The molecule has 3 rings (SSSR count). The Labute approximate surface area is 119 Å². The van der Waals surface area contributed by atoms with Gasteiger partial charge in [-0.2, -0.15) is 0 Å². The number of anilines is 1. The Bertz CT molecular complexity index is 462. The number of benzene rings is 1. The van der Waals surface area contributed by atoms with E-state index in [0.717, 1.165) is 43.4 Å². The first-order valence-electron chi connectivity index (χ1n) is 7.15. The minimum Gasteiger partial charge on any atom is -0.481 e. The lowest BCUT2D eigenvalue weighted by molar-refractivity contribution is 0.0317. The summed E-state index contributed by atoms with van der Waals surface area (Å²) in [5, 5.41) is 3.35. The Morgan fingerprint density at radius 1 is 1.10 bits per heavy atom. The zero-order valence-electron chi connectivity index (χ0n) is 11.5. The van der Waals surface area contributed by atoms with E-state index in [0.29, 0.717) is 13.1 Å². The fraction of sp³-hybridized carbons (Fsp3) is 0.571. The lowest BCUT2D eigenvalue weighted by Crippen LogP contribution is -2.49. The molecule has 1 aromatic carbocycles. The maximum absolute atomic E-state index is 6.08. The van der Waals surface area contributed by atoms with Gasteiger partial charge in [-0.3, -0.25) is 0 Å². The lowest BCUT2D eigenvalue weighted by atomic mass is 10.1. The Morgan fingerprint density at radius 3 is 2.50 bits per heavy atom. The Morgan fingerprint density at radius 2 is 1.80 bits per heavy atom. The van der Waals surface area contributed by atoms with Crippen LogP contribution in [0, 0.1) is 0 Å². The quantitative estimate of drug-likeness (QED) is 0.692. The standard InChI is InChI=1S/C14H22N4O2/c15-8-12-13(9-16)20-14-10(2-1-3-11(14)19-12)18-6-4-17-5-7-18/h1-3,12-13,17H,4-9,15-16H2. The van der Waals surface area contributed by atoms with Crippen molar-refractivity contribution in [3.05, 3.63) is 18.2 Å². The van der Waals surface area contributed by atoms with E-state index in [-0.39, 0.29) is 12.2 Å². The summed E-state index contributed by atoms with van der Waals surface area (Å²) < 4.78 is 12.0. The first-order valence-corrected chi connectivity index (χ1v) is 7.15. The van der Waals surface area contributed by atoms with E-state index in [9.17, 15) is 0 Å². The zero-order chi connectivity index (χ0) is 13.9. The maximum atomic E-state index is 6.08. The van der Waals surface area contributed by atoms with Crippen molar-refractivity contribution in [2.24, 2.45) is 11.5 Å². The van der Waals surface area contributed by atoms with Crippen LogP contribution in [0.4, 0.5) is 5.69 Å². The van der Waals surface area contributed by atoms with E-state index in [2.05, 4.69) is 16.3 Å². The Hall–Kier alpha value is -1.50. The fourth-order valence-corrected chi connectivity index (χ4v) is 2.74. The monoisotopic (exact) mass is 278 g/mol. The molecule has 5 N–H and O–H groups in total. The van der Waals surface area contributed by atoms with Gasteiger partial charge in [0.15, 0.2) is 11.5 Å². The van der Waals surface area contributed by atoms with Gasteiger partial charge in [0.05, 0.1) is 5.69 Å². The zero-order valence-corrected chi connectivity index (χ0v) is 11.5. The molecule has 1 saturated heterocycles. The van der Waals surface area contributed by atoms with Crippen LogP contribution in [0.25, 0.3) is 0 Å². The molecule has 0 radical (unpaired) electrons. The van der Waals surface area contributed by atoms with Gasteiger partial charge in [0, 0.05) is 39.3 Å². The summed E-state index contributed by atoms with van der Waals surface area (Å²) in [5.74, 6) is 1.57. The highest BCUT2D eigenvalue weighted by molar-refractivity contribution is 5.65. The van der Waals surface area contributed by atoms with Crippen LogP contribution in [0.2, 0.25) is 0 Å². The van der Waals surface area contributed by atoms with Crippen LogP contribution in [-0.4, -0.2) is 51.5 Å². The molecule has 1 aromatic rings. The predicted molar refractivity (Wildman–Crippen MR) is 78.5 cm³/mol. The summed E-state index contributed by atoms with van der Waals surface area (Å²) in [7, 11) is 0. The SMILES string of the molecule is NCC1Oc2cccc(N3CCNCC3)c2OC1CN. The van der Waals surface area contributed by atoms with E-state index in [1.807, 2.05) is 12.1 Å². The second kappa shape index (κ2) is 5.87. The number of nitrogens with zero attached hydrogens (tertiary/aromatic N) is 1. The number of ether oxygens (including phenoxy) is 2. The molecule has 6 heteroatoms. The van der Waals surface area contributed by atoms with Crippen LogP contribution >= 0.6 is 0 Å². The molecular weight excluding hydrogens is 256 g/mol. The molecule has 0 bridgehead atoms. The van der Waals surface area contributed by atoms with Crippen LogP contribution in [0.1, 0.15) is 0 Å². The Kier molecular flexibility index (Phi) is 3.95. The van der Waals surface area contributed by atoms with Crippen molar-refractivity contribution in [1.82, 2.24) is 5.32 Å². The first-order chi connectivity index (χ1) is 9.83. The molecule has 2 atom stereocenters. The largest absolute Gasteiger partial charge is 0.481 e. The van der Waals surface area contributed by atoms with Gasteiger partial charge < -0.3 is 31.2 Å². The molecule has 2 aliphatic rings. The van der Waals surface area contributed by atoms with Crippen LogP contribution in [-0.2, 0) is 0 Å². The first kappa shape index (κ1) is 13.5. The molecule has 2 unspecified atom stereocenters. The molecule has 6 nitrogen and oxygen atoms in total. The van der Waals surface area contributed by atoms with E-state index in [1.54, 1.807) is 0 Å². The third-order valence-corrected chi connectivity index (χ3v) is 3.84. The number of nitrogens with two attached hydrogens (primary N) is 2. The predicted octanol–water partition coefficient (Wildman–Crippen LogP) is -0.478. The van der Waals surface area contributed by atoms with Crippen LogP contribution in [0.15, 0.2) is 18.2 Å². The third-order valence-electron chi connectivity index (χ3n) is 3.84. The average Bonchev–Trinajstić information content (AvgIpc) is 2.53. The molecule has 0 aromatic heterocycles. The van der Waals surface area contributed by atoms with Crippen molar-refractivity contribution >= 4 is 5.69 Å². The van der Waals surface area contributed by atoms with Crippen molar-refractivity contribution in [3.8, 4) is 11.5 Å². The number of fused-ring (bicyclic) bond motifs is 1. The van der Waals surface area contributed by atoms with Gasteiger partial charge in [0.25, 0.3) is 0 Å². The summed E-state index contributed by atoms with van der Waals surface area (Å²) in [6, 6.07) is 6.00. The molecule has 20 heavy (non-hydrogen) atoms. The van der Waals surface area contributed by atoms with Crippen molar-refractivity contribution in [1.29, 1.82) is 0 Å². The van der Waals surface area contributed by atoms with Gasteiger partial charge in [-0.1, -0.05) is 6.07 Å². The molecule has 2 heterocycles. The van der Waals surface area contributed by atoms with Gasteiger partial charge in [-0.15, -0.1) is 0 Å². The number of hydrogen-bond acceptors (Lipinski definition) is 6. The van der Waals surface area contributed by atoms with Crippen molar-refractivity contribution in [2.45, 2.75) is 12.2 Å². The topological polar surface area (TPSA) is 85.8 Å². The minimum absolute atomic E-state index is 0.175. The smallest absolute Gasteiger partial charge is 0.185 e. The second-order valence-corrected chi connectivity index (χ2v) is 5.13. The van der Waals surface area contributed by atoms with Gasteiger partial charge in [-0.25, -0.2) is 0 Å². The molecule has 0 saturated carbocycles. The summed E-state index contributed by atoms with van der Waals surface area (Å²) in [4.78, 5) is 2.31. The molecular formula is C14H22N4O2. The summed E-state index contributed by atoms with van der Waals surface area (Å²) in [6.45, 7) is 4.70. The summed E-state index contributed by atoms with van der Waals surface area (Å²) in [5.41, 5.74) is 12.6. The van der Waals surface area contributed by atoms with Gasteiger partial charge in [-0.05, 0) is 12.1 Å². The van der Waals surface area contributed by atoms with Gasteiger partial charge >= 0.3 is 0 Å². The van der Waals surface area contributed by atoms with E-state index < -0.39 is 0 Å². The number of para-hydroxylation sites is 1. The van der Waals surface area contributed by atoms with E-state index in [4.69, 9.17) is 20.9 Å². The minimum atomic E-state index is -0.184. The van der Waals surface area contributed by atoms with Crippen LogP contribution in [0.5, 0.6) is 11.5 Å². The molecule has 0 spiro atoms. The number of hydrogen-bond donors (Lipinski definition) is 3. The molecule has 2 aliphatic heterocycles. The normalized spacial score (nSPS) is 25.6. The number of rotatable bonds is 3. The average molecular weight is 278 g/mol. The molecule has 0 aliphatic carbocycles. The lowest BCUT2D eigenvalue weighted by Gasteiger charge is -2.37. The Balaban J connectivity index is 1.91. The van der Waals surface area contributed by atoms with Gasteiger partial charge in [0.2, 0.25) is 0 Å². The summed E-state index contributed by atoms with van der Waals surface area (Å²) in [6.07, 6.45) is -0.359. The molecule has 0 amide bonds. The van der Waals surface area contributed by atoms with Crippen LogP contribution in [0.3, 0.4) is 0 Å². The van der Waals surface area contributed by atoms with E-state index in [1.165, 1.54) is 0 Å². The van der Waals surface area contributed by atoms with Crippen molar-refractivity contribution in [3.63, 3.8) is 0 Å². The second-order valence-electron chi connectivity index (χ2n) is 5.13. The molecule has 1 fully saturated rings.